The molecule has 13 heavy (non-hydrogen) atoms. The Bertz CT molecular complexity index is 347. The Morgan fingerprint density at radius 2 is 1.77 bits per heavy atom. The third kappa shape index (κ3) is 1.70. The highest BCUT2D eigenvalue weighted by Crippen LogP contribution is 2.30. The zero-order chi connectivity index (χ0) is 9.84. The van der Waals surface area contributed by atoms with Gasteiger partial charge in [-0.1, -0.05) is 11.6 Å². The van der Waals surface area contributed by atoms with Crippen LogP contribution in [0.2, 0.25) is 5.02 Å². The summed E-state index contributed by atoms with van der Waals surface area (Å²) in [6, 6.07) is 2.96. The Morgan fingerprint density at radius 3 is 2.23 bits per heavy atom. The molecule has 0 atom stereocenters. The lowest BCUT2D eigenvalue weighted by atomic mass is 10.1. The normalized spacial score (nSPS) is 9.38. The van der Waals surface area contributed by atoms with E-state index in [1.54, 1.807) is 0 Å². The lowest BCUT2D eigenvalue weighted by molar-refractivity contribution is 0.111. The minimum atomic E-state index is 0.169. The van der Waals surface area contributed by atoms with Crippen LogP contribution in [-0.4, -0.2) is 19.7 Å². The highest BCUT2D eigenvalue weighted by atomic mass is 35.5. The summed E-state index contributed by atoms with van der Waals surface area (Å²) in [5.74, 6) is 0.237. The Labute approximate surface area is 80.3 Å². The largest absolute Gasteiger partial charge is 0.494 e. The maximum atomic E-state index is 10.5. The molecule has 1 aromatic rings. The van der Waals surface area contributed by atoms with Gasteiger partial charge in [-0.15, -0.1) is 0 Å². The van der Waals surface area contributed by atoms with Crippen molar-refractivity contribution in [3.63, 3.8) is 0 Å². The van der Waals surface area contributed by atoms with Gasteiger partial charge in [-0.2, -0.15) is 0 Å². The molecule has 0 aliphatic heterocycles. The van der Waals surface area contributed by atoms with Crippen molar-refractivity contribution in [1.29, 1.82) is 0 Å². The van der Waals surface area contributed by atoms with Crippen LogP contribution in [0.15, 0.2) is 12.1 Å². The van der Waals surface area contributed by atoms with Crippen LogP contribution >= 0.6 is 11.6 Å². The number of aldehydes is 2. The summed E-state index contributed by atoms with van der Waals surface area (Å²) in [7, 11) is 1.39. The number of halogens is 1. The number of hydrogen-bond donors (Lipinski definition) is 0. The van der Waals surface area contributed by atoms with Crippen LogP contribution in [0, 0.1) is 0 Å². The monoisotopic (exact) mass is 198 g/mol. The van der Waals surface area contributed by atoms with E-state index < -0.39 is 0 Å². The minimum absolute atomic E-state index is 0.169. The maximum Gasteiger partial charge on any atom is 0.153 e. The molecule has 68 valence electrons. The number of rotatable bonds is 3. The van der Waals surface area contributed by atoms with Gasteiger partial charge in [0.2, 0.25) is 0 Å². The second-order valence-electron chi connectivity index (χ2n) is 2.33. The number of carbonyl (C=O) groups is 2. The van der Waals surface area contributed by atoms with Gasteiger partial charge in [-0.3, -0.25) is 9.59 Å². The van der Waals surface area contributed by atoms with Crippen molar-refractivity contribution < 1.29 is 14.3 Å². The van der Waals surface area contributed by atoms with Crippen molar-refractivity contribution in [1.82, 2.24) is 0 Å². The van der Waals surface area contributed by atoms with Crippen LogP contribution in [0.5, 0.6) is 5.75 Å². The first-order valence-corrected chi connectivity index (χ1v) is 3.89. The second-order valence-corrected chi connectivity index (χ2v) is 2.70. The van der Waals surface area contributed by atoms with E-state index in [1.165, 1.54) is 19.2 Å². The summed E-state index contributed by atoms with van der Waals surface area (Å²) in [6.07, 6.45) is 1.23. The Kier molecular flexibility index (Phi) is 3.03. The third-order valence-corrected chi connectivity index (χ3v) is 2.01. The SMILES string of the molecule is COc1c(C=O)ccc(C=O)c1Cl. The number of ether oxygens (including phenoxy) is 1. The van der Waals surface area contributed by atoms with Gasteiger partial charge in [0.15, 0.2) is 12.6 Å². The van der Waals surface area contributed by atoms with E-state index in [-0.39, 0.29) is 10.8 Å². The standard InChI is InChI=1S/C9H7ClO3/c1-13-9-7(5-12)3-2-6(4-11)8(9)10/h2-5H,1H3. The first kappa shape index (κ1) is 9.74. The van der Waals surface area contributed by atoms with E-state index in [9.17, 15) is 9.59 Å². The fourth-order valence-electron chi connectivity index (χ4n) is 0.978. The molecule has 1 rings (SSSR count). The van der Waals surface area contributed by atoms with Crippen molar-refractivity contribution >= 4 is 24.2 Å². The summed E-state index contributed by atoms with van der Waals surface area (Å²) in [5.41, 5.74) is 0.641. The molecule has 0 aliphatic rings. The zero-order valence-electron chi connectivity index (χ0n) is 6.91. The molecule has 0 amide bonds. The summed E-state index contributed by atoms with van der Waals surface area (Å²) in [4.78, 5) is 21.0. The van der Waals surface area contributed by atoms with Crippen molar-refractivity contribution in [3.8, 4) is 5.75 Å². The van der Waals surface area contributed by atoms with E-state index >= 15 is 0 Å². The van der Waals surface area contributed by atoms with E-state index in [0.717, 1.165) is 0 Å². The Morgan fingerprint density at radius 1 is 1.23 bits per heavy atom. The molecule has 1 aromatic carbocycles. The van der Waals surface area contributed by atoms with Crippen LogP contribution in [0.3, 0.4) is 0 Å². The molecule has 4 heteroatoms. The molecule has 0 heterocycles. The van der Waals surface area contributed by atoms with Crippen molar-refractivity contribution in [2.45, 2.75) is 0 Å². The smallest absolute Gasteiger partial charge is 0.153 e. The quantitative estimate of drug-likeness (QED) is 0.698. The Hall–Kier alpha value is -1.35. The molecule has 0 saturated heterocycles. The molecule has 0 aliphatic carbocycles. The van der Waals surface area contributed by atoms with Gasteiger partial charge in [0, 0.05) is 5.56 Å². The van der Waals surface area contributed by atoms with Gasteiger partial charge in [0.1, 0.15) is 5.75 Å². The van der Waals surface area contributed by atoms with Gasteiger partial charge in [0.05, 0.1) is 17.7 Å². The molecule has 0 fully saturated rings. The molecular formula is C9H7ClO3. The van der Waals surface area contributed by atoms with Gasteiger partial charge in [0.25, 0.3) is 0 Å². The lowest BCUT2D eigenvalue weighted by Crippen LogP contribution is -1.94. The van der Waals surface area contributed by atoms with E-state index in [0.29, 0.717) is 23.7 Å². The first-order valence-electron chi connectivity index (χ1n) is 3.51. The van der Waals surface area contributed by atoms with Crippen molar-refractivity contribution in [3.05, 3.63) is 28.3 Å². The molecule has 3 nitrogen and oxygen atoms in total. The van der Waals surface area contributed by atoms with Crippen molar-refractivity contribution in [2.24, 2.45) is 0 Å². The molecule has 0 unspecified atom stereocenters. The topological polar surface area (TPSA) is 43.4 Å². The zero-order valence-corrected chi connectivity index (χ0v) is 7.67. The van der Waals surface area contributed by atoms with Gasteiger partial charge in [-0.05, 0) is 12.1 Å². The number of benzene rings is 1. The summed E-state index contributed by atoms with van der Waals surface area (Å²) in [6.45, 7) is 0. The van der Waals surface area contributed by atoms with Crippen LogP contribution < -0.4 is 4.74 Å². The maximum absolute atomic E-state index is 10.5. The van der Waals surface area contributed by atoms with E-state index in [4.69, 9.17) is 16.3 Å². The first-order chi connectivity index (χ1) is 6.24. The molecule has 0 saturated carbocycles. The fourth-order valence-corrected chi connectivity index (χ4v) is 1.27. The minimum Gasteiger partial charge on any atom is -0.494 e. The molecule has 0 radical (unpaired) electrons. The molecule has 0 spiro atoms. The predicted octanol–water partition coefficient (Wildman–Crippen LogP) is 1.97. The van der Waals surface area contributed by atoms with Crippen LogP contribution in [0.25, 0.3) is 0 Å². The van der Waals surface area contributed by atoms with Gasteiger partial charge < -0.3 is 4.74 Å². The molecule has 0 bridgehead atoms. The number of methoxy groups -OCH3 is 1. The van der Waals surface area contributed by atoms with Crippen molar-refractivity contribution in [2.75, 3.05) is 7.11 Å². The highest BCUT2D eigenvalue weighted by Gasteiger charge is 2.10. The molecule has 0 aromatic heterocycles. The third-order valence-electron chi connectivity index (χ3n) is 1.62. The van der Waals surface area contributed by atoms with Crippen LogP contribution in [-0.2, 0) is 0 Å². The van der Waals surface area contributed by atoms with Gasteiger partial charge in [-0.25, -0.2) is 0 Å². The fraction of sp³-hybridized carbons (Fsp3) is 0.111. The second kappa shape index (κ2) is 4.05. The average molecular weight is 199 g/mol. The summed E-state index contributed by atoms with van der Waals surface area (Å²) < 4.78 is 4.89. The average Bonchev–Trinajstić information content (AvgIpc) is 2.17. The molecule has 0 N–H and O–H groups in total. The van der Waals surface area contributed by atoms with Crippen LogP contribution in [0.1, 0.15) is 20.7 Å². The number of hydrogen-bond acceptors (Lipinski definition) is 3. The molecular weight excluding hydrogens is 192 g/mol. The lowest BCUT2D eigenvalue weighted by Gasteiger charge is -2.06. The van der Waals surface area contributed by atoms with E-state index in [2.05, 4.69) is 0 Å². The van der Waals surface area contributed by atoms with Crippen LogP contribution in [0.4, 0.5) is 0 Å². The highest BCUT2D eigenvalue weighted by molar-refractivity contribution is 6.34. The summed E-state index contributed by atoms with van der Waals surface area (Å²) in [5, 5.41) is 0.169. The van der Waals surface area contributed by atoms with E-state index in [1.807, 2.05) is 0 Å². The summed E-state index contributed by atoms with van der Waals surface area (Å²) >= 11 is 5.78. The predicted molar refractivity (Wildman–Crippen MR) is 48.8 cm³/mol. The number of carbonyl (C=O) groups excluding carboxylic acids is 2. The Balaban J connectivity index is 3.39. The van der Waals surface area contributed by atoms with Gasteiger partial charge >= 0.3 is 0 Å².